The number of hydrogen-bond donors (Lipinski definition) is 1. The van der Waals surface area contributed by atoms with E-state index in [4.69, 9.17) is 4.74 Å². The van der Waals surface area contributed by atoms with Crippen LogP contribution >= 0.6 is 15.9 Å². The summed E-state index contributed by atoms with van der Waals surface area (Å²) in [7, 11) is 0. The van der Waals surface area contributed by atoms with E-state index in [1.807, 2.05) is 92.7 Å². The summed E-state index contributed by atoms with van der Waals surface area (Å²) < 4.78 is 6.76. The van der Waals surface area contributed by atoms with Crippen molar-refractivity contribution in [1.29, 1.82) is 0 Å². The zero-order valence-corrected chi connectivity index (χ0v) is 22.7. The van der Waals surface area contributed by atoms with E-state index in [0.717, 1.165) is 27.8 Å². The largest absolute Gasteiger partial charge is 0.494 e. The summed E-state index contributed by atoms with van der Waals surface area (Å²) in [6, 6.07) is 25.0. The molecule has 0 heterocycles. The lowest BCUT2D eigenvalue weighted by molar-refractivity contribution is -0.141. The highest BCUT2D eigenvalue weighted by molar-refractivity contribution is 9.10. The van der Waals surface area contributed by atoms with Crippen LogP contribution in [0, 0.1) is 6.92 Å². The number of carbonyl (C=O) groups excluding carboxylic acids is 2. The molecular formula is C30H35BrN2O3. The van der Waals surface area contributed by atoms with Crippen LogP contribution in [0.3, 0.4) is 0 Å². The van der Waals surface area contributed by atoms with E-state index < -0.39 is 6.04 Å². The molecule has 0 saturated heterocycles. The average Bonchev–Trinajstić information content (AvgIpc) is 2.88. The molecule has 0 bridgehead atoms. The summed E-state index contributed by atoms with van der Waals surface area (Å²) in [5.41, 5.74) is 3.16. The molecule has 5 nitrogen and oxygen atoms in total. The van der Waals surface area contributed by atoms with Crippen LogP contribution in [0.1, 0.15) is 42.9 Å². The van der Waals surface area contributed by atoms with Gasteiger partial charge in [-0.25, -0.2) is 0 Å². The summed E-state index contributed by atoms with van der Waals surface area (Å²) in [6.07, 6.45) is 2.15. The number of carbonyl (C=O) groups is 2. The van der Waals surface area contributed by atoms with Gasteiger partial charge in [0.25, 0.3) is 0 Å². The molecular weight excluding hydrogens is 516 g/mol. The number of rotatable bonds is 13. The SMILES string of the molecule is CCCNC(=O)C(Cc1ccccc1)N(Cc1cccc(Br)c1)C(=O)CCCOc1ccc(C)cc1. The van der Waals surface area contributed by atoms with Gasteiger partial charge in [-0.05, 0) is 55.2 Å². The molecule has 0 aromatic heterocycles. The highest BCUT2D eigenvalue weighted by atomic mass is 79.9. The maximum Gasteiger partial charge on any atom is 0.243 e. The topological polar surface area (TPSA) is 58.6 Å². The van der Waals surface area contributed by atoms with Gasteiger partial charge in [0.15, 0.2) is 0 Å². The lowest BCUT2D eigenvalue weighted by Crippen LogP contribution is -2.50. The number of nitrogens with zero attached hydrogens (tertiary/aromatic N) is 1. The summed E-state index contributed by atoms with van der Waals surface area (Å²) >= 11 is 3.52. The van der Waals surface area contributed by atoms with Crippen molar-refractivity contribution in [2.24, 2.45) is 0 Å². The van der Waals surface area contributed by atoms with Crippen molar-refractivity contribution < 1.29 is 14.3 Å². The van der Waals surface area contributed by atoms with E-state index in [9.17, 15) is 9.59 Å². The second kappa shape index (κ2) is 14.4. The monoisotopic (exact) mass is 550 g/mol. The lowest BCUT2D eigenvalue weighted by atomic mass is 10.0. The number of ether oxygens (including phenoxy) is 1. The molecule has 0 aliphatic rings. The molecule has 0 radical (unpaired) electrons. The normalized spacial score (nSPS) is 11.5. The van der Waals surface area contributed by atoms with Crippen LogP contribution in [0.4, 0.5) is 0 Å². The van der Waals surface area contributed by atoms with Gasteiger partial charge in [0.1, 0.15) is 11.8 Å². The van der Waals surface area contributed by atoms with Gasteiger partial charge in [-0.2, -0.15) is 0 Å². The van der Waals surface area contributed by atoms with Crippen molar-refractivity contribution in [2.45, 2.75) is 52.1 Å². The first-order valence-corrected chi connectivity index (χ1v) is 13.3. The predicted molar refractivity (Wildman–Crippen MR) is 148 cm³/mol. The fourth-order valence-corrected chi connectivity index (χ4v) is 4.39. The minimum absolute atomic E-state index is 0.0601. The number of nitrogens with one attached hydrogen (secondary N) is 1. The van der Waals surface area contributed by atoms with Crippen molar-refractivity contribution >= 4 is 27.7 Å². The standard InChI is InChI=1S/C30H35BrN2O3/c1-3-18-32-30(35)28(21-24-9-5-4-6-10-24)33(22-25-11-7-12-26(31)20-25)29(34)13-8-19-36-27-16-14-23(2)15-17-27/h4-7,9-12,14-17,20,28H,3,8,13,18-19,21-22H2,1-2H3,(H,32,35). The zero-order chi connectivity index (χ0) is 25.8. The molecule has 0 spiro atoms. The molecule has 0 saturated carbocycles. The van der Waals surface area contributed by atoms with Gasteiger partial charge in [0, 0.05) is 30.4 Å². The zero-order valence-electron chi connectivity index (χ0n) is 21.1. The number of aryl methyl sites for hydroxylation is 1. The highest BCUT2D eigenvalue weighted by Gasteiger charge is 2.30. The Morgan fingerprint density at radius 2 is 1.69 bits per heavy atom. The number of halogens is 1. The first-order valence-electron chi connectivity index (χ1n) is 12.5. The van der Waals surface area contributed by atoms with Crippen LogP contribution in [0.25, 0.3) is 0 Å². The maximum absolute atomic E-state index is 13.6. The predicted octanol–water partition coefficient (Wildman–Crippen LogP) is 6.08. The van der Waals surface area contributed by atoms with Crippen molar-refractivity contribution in [2.75, 3.05) is 13.2 Å². The van der Waals surface area contributed by atoms with Gasteiger partial charge in [-0.15, -0.1) is 0 Å². The third kappa shape index (κ3) is 8.83. The number of amides is 2. The van der Waals surface area contributed by atoms with E-state index in [0.29, 0.717) is 39.0 Å². The molecule has 0 aliphatic heterocycles. The Kier molecular flexibility index (Phi) is 11.0. The third-order valence-corrected chi connectivity index (χ3v) is 6.38. The van der Waals surface area contributed by atoms with Crippen LogP contribution in [0.15, 0.2) is 83.3 Å². The quantitative estimate of drug-likeness (QED) is 0.262. The second-order valence-electron chi connectivity index (χ2n) is 8.91. The highest BCUT2D eigenvalue weighted by Crippen LogP contribution is 2.19. The Labute approximate surface area is 223 Å². The minimum atomic E-state index is -0.608. The lowest BCUT2D eigenvalue weighted by Gasteiger charge is -2.31. The van der Waals surface area contributed by atoms with E-state index in [2.05, 4.69) is 21.2 Å². The second-order valence-corrected chi connectivity index (χ2v) is 9.83. The summed E-state index contributed by atoms with van der Waals surface area (Å²) in [6.45, 7) is 5.42. The van der Waals surface area contributed by atoms with Gasteiger partial charge in [0.05, 0.1) is 6.61 Å². The molecule has 1 atom stereocenters. The molecule has 3 aromatic rings. The van der Waals surface area contributed by atoms with Crippen LogP contribution in [-0.2, 0) is 22.6 Å². The van der Waals surface area contributed by atoms with Crippen molar-refractivity contribution in [3.05, 3.63) is 100 Å². The molecule has 6 heteroatoms. The van der Waals surface area contributed by atoms with Gasteiger partial charge in [-0.1, -0.05) is 83.0 Å². The molecule has 3 aromatic carbocycles. The van der Waals surface area contributed by atoms with Crippen LogP contribution < -0.4 is 10.1 Å². The van der Waals surface area contributed by atoms with Gasteiger partial charge >= 0.3 is 0 Å². The number of hydrogen-bond acceptors (Lipinski definition) is 3. The Balaban J connectivity index is 1.77. The van der Waals surface area contributed by atoms with Crippen molar-refractivity contribution in [3.63, 3.8) is 0 Å². The maximum atomic E-state index is 13.6. The third-order valence-electron chi connectivity index (χ3n) is 5.89. The van der Waals surface area contributed by atoms with Gasteiger partial charge in [0.2, 0.25) is 11.8 Å². The van der Waals surface area contributed by atoms with Crippen LogP contribution in [-0.4, -0.2) is 35.9 Å². The molecule has 3 rings (SSSR count). The minimum Gasteiger partial charge on any atom is -0.494 e. The van der Waals surface area contributed by atoms with Crippen LogP contribution in [0.2, 0.25) is 0 Å². The number of benzene rings is 3. The summed E-state index contributed by atoms with van der Waals surface area (Å²) in [4.78, 5) is 28.6. The van der Waals surface area contributed by atoms with Crippen molar-refractivity contribution in [3.8, 4) is 5.75 Å². The van der Waals surface area contributed by atoms with Crippen LogP contribution in [0.5, 0.6) is 5.75 Å². The van der Waals surface area contributed by atoms with Crippen molar-refractivity contribution in [1.82, 2.24) is 10.2 Å². The molecule has 36 heavy (non-hydrogen) atoms. The van der Waals surface area contributed by atoms with Gasteiger partial charge in [-0.3, -0.25) is 9.59 Å². The van der Waals surface area contributed by atoms with E-state index in [-0.39, 0.29) is 11.8 Å². The fourth-order valence-electron chi connectivity index (χ4n) is 3.94. The molecule has 0 fully saturated rings. The molecule has 1 N–H and O–H groups in total. The average molecular weight is 552 g/mol. The first-order chi connectivity index (χ1) is 17.5. The Morgan fingerprint density at radius 1 is 0.972 bits per heavy atom. The van der Waals surface area contributed by atoms with E-state index in [1.165, 1.54) is 5.56 Å². The Morgan fingerprint density at radius 3 is 2.39 bits per heavy atom. The van der Waals surface area contributed by atoms with E-state index >= 15 is 0 Å². The van der Waals surface area contributed by atoms with Gasteiger partial charge < -0.3 is 15.0 Å². The fraction of sp³-hybridized carbons (Fsp3) is 0.333. The molecule has 190 valence electrons. The van der Waals surface area contributed by atoms with E-state index in [1.54, 1.807) is 4.90 Å². The first kappa shape index (κ1) is 27.5. The summed E-state index contributed by atoms with van der Waals surface area (Å²) in [5, 5.41) is 3.01. The Hall–Kier alpha value is -3.12. The molecule has 0 aliphatic carbocycles. The summed E-state index contributed by atoms with van der Waals surface area (Å²) in [5.74, 6) is 0.606. The Bertz CT molecular complexity index is 1100. The molecule has 1 unspecified atom stereocenters. The smallest absolute Gasteiger partial charge is 0.243 e. The molecule has 2 amide bonds.